The van der Waals surface area contributed by atoms with Crippen LogP contribution in [-0.2, 0) is 0 Å². The molecule has 0 bridgehead atoms. The van der Waals surface area contributed by atoms with Gasteiger partial charge in [0.25, 0.3) is 17.0 Å². The zero-order valence-electron chi connectivity index (χ0n) is 10.8. The van der Waals surface area contributed by atoms with Crippen molar-refractivity contribution >= 4 is 33.2 Å². The Morgan fingerprint density at radius 3 is 2.57 bits per heavy atom. The van der Waals surface area contributed by atoms with E-state index in [9.17, 15) is 19.5 Å². The number of aromatic nitrogens is 2. The van der Waals surface area contributed by atoms with Crippen molar-refractivity contribution in [2.45, 2.75) is 0 Å². The molecule has 0 aliphatic rings. The molecule has 2 aromatic rings. The zero-order valence-corrected chi connectivity index (χ0v) is 12.4. The van der Waals surface area contributed by atoms with E-state index >= 15 is 0 Å². The molecule has 110 valence electrons. The molecule has 1 aromatic heterocycles. The largest absolute Gasteiger partial charge is 0.505 e. The van der Waals surface area contributed by atoms with Crippen LogP contribution in [0.2, 0.25) is 0 Å². The van der Waals surface area contributed by atoms with Gasteiger partial charge in [0.2, 0.25) is 0 Å². The number of carbonyl (C=O) groups excluding carboxylic acids is 1. The highest BCUT2D eigenvalue weighted by Gasteiger charge is 2.16. The van der Waals surface area contributed by atoms with E-state index in [0.717, 1.165) is 0 Å². The van der Waals surface area contributed by atoms with Crippen LogP contribution in [-0.4, -0.2) is 28.3 Å². The molecule has 0 spiro atoms. The van der Waals surface area contributed by atoms with Crippen LogP contribution >= 0.6 is 15.9 Å². The van der Waals surface area contributed by atoms with Crippen molar-refractivity contribution < 1.29 is 9.90 Å². The third-order valence-electron chi connectivity index (χ3n) is 2.70. The van der Waals surface area contributed by atoms with E-state index in [1.807, 2.05) is 0 Å². The average Bonchev–Trinajstić information content (AvgIpc) is 2.48. The molecule has 1 heterocycles. The number of H-pyrrole nitrogens is 2. The highest BCUT2D eigenvalue weighted by atomic mass is 79.9. The van der Waals surface area contributed by atoms with Crippen molar-refractivity contribution in [1.82, 2.24) is 15.5 Å². The predicted molar refractivity (Wildman–Crippen MR) is 80.2 cm³/mol. The summed E-state index contributed by atoms with van der Waals surface area (Å²) < 4.78 is -0.0176. The zero-order chi connectivity index (χ0) is 15.6. The van der Waals surface area contributed by atoms with Crippen molar-refractivity contribution in [3.05, 3.63) is 48.9 Å². The molecule has 21 heavy (non-hydrogen) atoms. The Bertz CT molecular complexity index is 812. The molecule has 0 unspecified atom stereocenters. The number of anilines is 2. The Balaban J connectivity index is 2.51. The number of hydrogen-bond acceptors (Lipinski definition) is 5. The van der Waals surface area contributed by atoms with Crippen molar-refractivity contribution in [2.75, 3.05) is 12.4 Å². The second-order valence-electron chi connectivity index (χ2n) is 4.00. The summed E-state index contributed by atoms with van der Waals surface area (Å²) in [6.07, 6.45) is 0. The van der Waals surface area contributed by atoms with E-state index in [-0.39, 0.29) is 27.2 Å². The van der Waals surface area contributed by atoms with Crippen LogP contribution in [0, 0.1) is 0 Å². The van der Waals surface area contributed by atoms with E-state index in [4.69, 9.17) is 0 Å². The molecular formula is C12H11BrN4O4. The van der Waals surface area contributed by atoms with Gasteiger partial charge in [-0.25, -0.2) is 0 Å². The predicted octanol–water partition coefficient (Wildman–Crippen LogP) is 0.634. The van der Waals surface area contributed by atoms with Gasteiger partial charge in [0.05, 0.1) is 11.3 Å². The van der Waals surface area contributed by atoms with Gasteiger partial charge >= 0.3 is 0 Å². The number of amides is 1. The molecule has 0 aliphatic heterocycles. The highest BCUT2D eigenvalue weighted by Crippen LogP contribution is 2.30. The fraction of sp³-hybridized carbons (Fsp3) is 0.0833. The van der Waals surface area contributed by atoms with Crippen molar-refractivity contribution in [1.29, 1.82) is 0 Å². The number of aromatic amines is 2. The summed E-state index contributed by atoms with van der Waals surface area (Å²) in [5.41, 5.74) is -1.05. The first kappa shape index (κ1) is 14.9. The lowest BCUT2D eigenvalue weighted by atomic mass is 10.1. The Morgan fingerprint density at radius 1 is 1.24 bits per heavy atom. The maximum Gasteiger partial charge on any atom is 0.287 e. The first-order chi connectivity index (χ1) is 9.95. The van der Waals surface area contributed by atoms with Gasteiger partial charge < -0.3 is 15.7 Å². The van der Waals surface area contributed by atoms with Gasteiger partial charge in [-0.3, -0.25) is 24.6 Å². The van der Waals surface area contributed by atoms with Crippen LogP contribution in [0.25, 0.3) is 0 Å². The fourth-order valence-electron chi connectivity index (χ4n) is 1.65. The number of halogens is 1. The second kappa shape index (κ2) is 5.83. The number of nitrogens with one attached hydrogen (secondary N) is 4. The smallest absolute Gasteiger partial charge is 0.287 e. The normalized spacial score (nSPS) is 10.2. The van der Waals surface area contributed by atoms with Crippen LogP contribution in [0.1, 0.15) is 10.4 Å². The molecule has 0 radical (unpaired) electrons. The molecule has 1 amide bonds. The molecule has 9 heteroatoms. The van der Waals surface area contributed by atoms with E-state index in [0.29, 0.717) is 0 Å². The average molecular weight is 355 g/mol. The van der Waals surface area contributed by atoms with Crippen LogP contribution in [0.5, 0.6) is 5.75 Å². The maximum absolute atomic E-state index is 11.7. The molecule has 2 rings (SSSR count). The quantitative estimate of drug-likeness (QED) is 0.516. The van der Waals surface area contributed by atoms with Gasteiger partial charge in [0.1, 0.15) is 10.2 Å². The lowest BCUT2D eigenvalue weighted by Gasteiger charge is -2.11. The fourth-order valence-corrected chi connectivity index (χ4v) is 2.03. The van der Waals surface area contributed by atoms with Gasteiger partial charge in [-0.15, -0.1) is 0 Å². The first-order valence-corrected chi connectivity index (χ1v) is 6.56. The summed E-state index contributed by atoms with van der Waals surface area (Å²) >= 11 is 2.99. The summed E-state index contributed by atoms with van der Waals surface area (Å²) in [5, 5.41) is 19.4. The molecule has 5 N–H and O–H groups in total. The number of carbonyl (C=O) groups is 1. The number of phenolic OH excluding ortho intramolecular Hbond substituents is 1. The highest BCUT2D eigenvalue weighted by molar-refractivity contribution is 9.10. The van der Waals surface area contributed by atoms with E-state index in [2.05, 4.69) is 36.8 Å². The number of rotatable bonds is 3. The number of hydrogen-bond donors (Lipinski definition) is 5. The Morgan fingerprint density at radius 2 is 1.90 bits per heavy atom. The van der Waals surface area contributed by atoms with Crippen molar-refractivity contribution in [3.8, 4) is 5.75 Å². The lowest BCUT2D eigenvalue weighted by Crippen LogP contribution is -2.23. The summed E-state index contributed by atoms with van der Waals surface area (Å²) in [5.74, 6) is -0.807. The summed E-state index contributed by atoms with van der Waals surface area (Å²) in [6.45, 7) is 0. The molecule has 0 atom stereocenters. The molecule has 1 aromatic carbocycles. The van der Waals surface area contributed by atoms with Crippen molar-refractivity contribution in [2.24, 2.45) is 0 Å². The van der Waals surface area contributed by atoms with E-state index < -0.39 is 17.0 Å². The molecule has 0 saturated heterocycles. The monoisotopic (exact) mass is 354 g/mol. The van der Waals surface area contributed by atoms with E-state index in [1.165, 1.54) is 25.2 Å². The number of aromatic hydroxyl groups is 1. The number of para-hydroxylation sites is 1. The Kier molecular flexibility index (Phi) is 4.13. The van der Waals surface area contributed by atoms with Crippen molar-refractivity contribution in [3.63, 3.8) is 0 Å². The maximum atomic E-state index is 11.7. The molecular weight excluding hydrogens is 344 g/mol. The summed E-state index contributed by atoms with van der Waals surface area (Å²) in [7, 11) is 1.43. The molecule has 0 saturated carbocycles. The minimum atomic E-state index is -0.591. The SMILES string of the molecule is CNC(=O)c1cccc(Nc2c(Br)c(=O)[nH][nH]c2=O)c1O. The second-order valence-corrected chi connectivity index (χ2v) is 4.80. The molecule has 8 nitrogen and oxygen atoms in total. The van der Waals surface area contributed by atoms with Gasteiger partial charge in [0.15, 0.2) is 5.75 Å². The number of benzene rings is 1. The molecule has 0 aliphatic carbocycles. The third kappa shape index (κ3) is 2.82. The van der Waals surface area contributed by atoms with Gasteiger partial charge in [-0.2, -0.15) is 0 Å². The first-order valence-electron chi connectivity index (χ1n) is 5.77. The standard InChI is InChI=1S/C12H11BrN4O4/c1-14-10(19)5-3-2-4-6(9(5)18)15-8-7(13)11(20)16-17-12(8)21/h2-4,18H,1H3,(H,14,19)(H,17,21)(H2,15,16,20). The van der Waals surface area contributed by atoms with Crippen LogP contribution < -0.4 is 21.8 Å². The topological polar surface area (TPSA) is 127 Å². The van der Waals surface area contributed by atoms with E-state index in [1.54, 1.807) is 0 Å². The Labute approximate surface area is 126 Å². The van der Waals surface area contributed by atoms with Gasteiger partial charge in [-0.05, 0) is 28.1 Å². The van der Waals surface area contributed by atoms with Gasteiger partial charge in [0, 0.05) is 7.05 Å². The van der Waals surface area contributed by atoms with Crippen LogP contribution in [0.15, 0.2) is 32.3 Å². The minimum absolute atomic E-state index is 0.0176. The van der Waals surface area contributed by atoms with Crippen LogP contribution in [0.3, 0.4) is 0 Å². The Hall–Kier alpha value is -2.55. The lowest BCUT2D eigenvalue weighted by molar-refractivity contribution is 0.0960. The third-order valence-corrected chi connectivity index (χ3v) is 3.46. The minimum Gasteiger partial charge on any atom is -0.505 e. The summed E-state index contributed by atoms with van der Waals surface area (Å²) in [4.78, 5) is 34.7. The van der Waals surface area contributed by atoms with Crippen LogP contribution in [0.4, 0.5) is 11.4 Å². The summed E-state index contributed by atoms with van der Waals surface area (Å²) in [6, 6.07) is 4.42. The van der Waals surface area contributed by atoms with Gasteiger partial charge in [-0.1, -0.05) is 6.07 Å². The molecule has 0 fully saturated rings. The number of phenols is 1.